The van der Waals surface area contributed by atoms with Gasteiger partial charge in [0.05, 0.1) is 11.7 Å². The van der Waals surface area contributed by atoms with Gasteiger partial charge >= 0.3 is 5.97 Å². The number of aromatic nitrogens is 1. The molecule has 1 aromatic heterocycles. The minimum atomic E-state index is -0.952. The number of pyridine rings is 1. The molecule has 1 atom stereocenters. The standard InChI is InChI=1S/C13H18N2O3/c1-15(9-11-4-2-3-7-18-11)12-6-5-10(8-14-12)13(16)17/h5-6,8,11H,2-4,7,9H2,1H3,(H,16,17). The number of anilines is 1. The molecule has 1 aliphatic heterocycles. The molecule has 98 valence electrons. The van der Waals surface area contributed by atoms with Crippen LogP contribution in [0.3, 0.4) is 0 Å². The van der Waals surface area contributed by atoms with Crippen molar-refractivity contribution in [1.82, 2.24) is 4.98 Å². The Balaban J connectivity index is 1.95. The molecule has 5 heteroatoms. The zero-order chi connectivity index (χ0) is 13.0. The SMILES string of the molecule is CN(CC1CCCCO1)c1ccc(C(=O)O)cn1. The summed E-state index contributed by atoms with van der Waals surface area (Å²) >= 11 is 0. The molecule has 0 saturated carbocycles. The molecule has 18 heavy (non-hydrogen) atoms. The van der Waals surface area contributed by atoms with Crippen LogP contribution in [-0.2, 0) is 4.74 Å². The molecule has 5 nitrogen and oxygen atoms in total. The summed E-state index contributed by atoms with van der Waals surface area (Å²) in [4.78, 5) is 16.9. The summed E-state index contributed by atoms with van der Waals surface area (Å²) in [6.45, 7) is 1.63. The van der Waals surface area contributed by atoms with Gasteiger partial charge in [-0.25, -0.2) is 9.78 Å². The van der Waals surface area contributed by atoms with Gasteiger partial charge < -0.3 is 14.7 Å². The van der Waals surface area contributed by atoms with Crippen molar-refractivity contribution >= 4 is 11.8 Å². The fourth-order valence-electron chi connectivity index (χ4n) is 2.09. The highest BCUT2D eigenvalue weighted by molar-refractivity contribution is 5.87. The topological polar surface area (TPSA) is 62.7 Å². The maximum absolute atomic E-state index is 10.7. The second-order valence-electron chi connectivity index (χ2n) is 4.58. The molecule has 1 unspecified atom stereocenters. The quantitative estimate of drug-likeness (QED) is 0.882. The van der Waals surface area contributed by atoms with Crippen LogP contribution in [0.4, 0.5) is 5.82 Å². The molecule has 2 heterocycles. The number of likely N-dealkylation sites (N-methyl/N-ethyl adjacent to an activating group) is 1. The molecule has 2 rings (SSSR count). The average Bonchev–Trinajstić information content (AvgIpc) is 2.40. The van der Waals surface area contributed by atoms with Crippen LogP contribution in [0.2, 0.25) is 0 Å². The smallest absolute Gasteiger partial charge is 0.337 e. The van der Waals surface area contributed by atoms with Crippen LogP contribution in [0, 0.1) is 0 Å². The van der Waals surface area contributed by atoms with E-state index < -0.39 is 5.97 Å². The summed E-state index contributed by atoms with van der Waals surface area (Å²) in [7, 11) is 1.95. The van der Waals surface area contributed by atoms with Crippen molar-refractivity contribution in [2.45, 2.75) is 25.4 Å². The van der Waals surface area contributed by atoms with Gasteiger partial charge in [0.25, 0.3) is 0 Å². The Hall–Kier alpha value is -1.62. The number of carboxylic acid groups (broad SMARTS) is 1. The molecule has 0 aromatic carbocycles. The molecule has 1 N–H and O–H groups in total. The summed E-state index contributed by atoms with van der Waals surface area (Å²) in [5, 5.41) is 8.80. The monoisotopic (exact) mass is 250 g/mol. The minimum Gasteiger partial charge on any atom is -0.478 e. The number of nitrogens with zero attached hydrogens (tertiary/aromatic N) is 2. The number of carbonyl (C=O) groups is 1. The van der Waals surface area contributed by atoms with E-state index in [0.29, 0.717) is 0 Å². The number of hydrogen-bond donors (Lipinski definition) is 1. The summed E-state index contributed by atoms with van der Waals surface area (Å²) in [6, 6.07) is 3.30. The Kier molecular flexibility index (Phi) is 4.15. The van der Waals surface area contributed by atoms with E-state index in [9.17, 15) is 4.79 Å². The number of aromatic carboxylic acids is 1. The highest BCUT2D eigenvalue weighted by Gasteiger charge is 2.16. The van der Waals surface area contributed by atoms with Gasteiger partial charge in [-0.2, -0.15) is 0 Å². The molecule has 1 fully saturated rings. The summed E-state index contributed by atoms with van der Waals surface area (Å²) in [5.74, 6) is -0.179. The summed E-state index contributed by atoms with van der Waals surface area (Å²) in [5.41, 5.74) is 0.209. The van der Waals surface area contributed by atoms with Crippen LogP contribution >= 0.6 is 0 Å². The summed E-state index contributed by atoms with van der Waals surface area (Å²) < 4.78 is 5.67. The lowest BCUT2D eigenvalue weighted by Gasteiger charge is -2.28. The van der Waals surface area contributed by atoms with E-state index in [0.717, 1.165) is 31.8 Å². The Labute approximate surface area is 106 Å². The van der Waals surface area contributed by atoms with Crippen LogP contribution < -0.4 is 4.90 Å². The molecular weight excluding hydrogens is 232 g/mol. The predicted molar refractivity (Wildman–Crippen MR) is 68.1 cm³/mol. The lowest BCUT2D eigenvalue weighted by atomic mass is 10.1. The minimum absolute atomic E-state index is 0.209. The van der Waals surface area contributed by atoms with Gasteiger partial charge in [-0.05, 0) is 31.4 Å². The number of rotatable bonds is 4. The van der Waals surface area contributed by atoms with Crippen molar-refractivity contribution in [3.05, 3.63) is 23.9 Å². The van der Waals surface area contributed by atoms with Crippen molar-refractivity contribution in [2.75, 3.05) is 25.1 Å². The van der Waals surface area contributed by atoms with Gasteiger partial charge in [0.1, 0.15) is 5.82 Å². The van der Waals surface area contributed by atoms with Gasteiger partial charge in [-0.1, -0.05) is 0 Å². The van der Waals surface area contributed by atoms with Crippen LogP contribution in [-0.4, -0.2) is 42.4 Å². The molecule has 0 spiro atoms. The highest BCUT2D eigenvalue weighted by atomic mass is 16.5. The zero-order valence-corrected chi connectivity index (χ0v) is 10.5. The summed E-state index contributed by atoms with van der Waals surface area (Å²) in [6.07, 6.45) is 5.08. The van der Waals surface area contributed by atoms with Crippen LogP contribution in [0.5, 0.6) is 0 Å². The average molecular weight is 250 g/mol. The van der Waals surface area contributed by atoms with Crippen molar-refractivity contribution in [2.24, 2.45) is 0 Å². The Morgan fingerprint density at radius 2 is 2.39 bits per heavy atom. The largest absolute Gasteiger partial charge is 0.478 e. The molecule has 1 saturated heterocycles. The van der Waals surface area contributed by atoms with Crippen LogP contribution in [0.25, 0.3) is 0 Å². The number of hydrogen-bond acceptors (Lipinski definition) is 4. The maximum atomic E-state index is 10.7. The van der Waals surface area contributed by atoms with Crippen molar-refractivity contribution < 1.29 is 14.6 Å². The van der Waals surface area contributed by atoms with Crippen molar-refractivity contribution in [1.29, 1.82) is 0 Å². The third-order valence-electron chi connectivity index (χ3n) is 3.14. The Bertz CT molecular complexity index is 399. The van der Waals surface area contributed by atoms with Crippen LogP contribution in [0.1, 0.15) is 29.6 Å². The molecule has 0 radical (unpaired) electrons. The second kappa shape index (κ2) is 5.82. The van der Waals surface area contributed by atoms with E-state index in [4.69, 9.17) is 9.84 Å². The fraction of sp³-hybridized carbons (Fsp3) is 0.538. The third-order valence-corrected chi connectivity index (χ3v) is 3.14. The Morgan fingerprint density at radius 1 is 1.56 bits per heavy atom. The van der Waals surface area contributed by atoms with Crippen molar-refractivity contribution in [3.8, 4) is 0 Å². The third kappa shape index (κ3) is 3.20. The second-order valence-corrected chi connectivity index (χ2v) is 4.58. The van der Waals surface area contributed by atoms with Gasteiger partial charge in [-0.3, -0.25) is 0 Å². The van der Waals surface area contributed by atoms with Gasteiger partial charge in [0.2, 0.25) is 0 Å². The first-order valence-corrected chi connectivity index (χ1v) is 6.19. The van der Waals surface area contributed by atoms with Gasteiger partial charge in [0, 0.05) is 26.4 Å². The lowest BCUT2D eigenvalue weighted by Crippen LogP contribution is -2.33. The maximum Gasteiger partial charge on any atom is 0.337 e. The first-order valence-electron chi connectivity index (χ1n) is 6.19. The molecule has 1 aliphatic rings. The first kappa shape index (κ1) is 12.8. The van der Waals surface area contributed by atoms with Gasteiger partial charge in [0.15, 0.2) is 0 Å². The number of ether oxygens (including phenoxy) is 1. The highest BCUT2D eigenvalue weighted by Crippen LogP contribution is 2.16. The van der Waals surface area contributed by atoms with E-state index in [1.54, 1.807) is 12.1 Å². The molecular formula is C13H18N2O3. The van der Waals surface area contributed by atoms with E-state index in [1.165, 1.54) is 12.6 Å². The predicted octanol–water partition coefficient (Wildman–Crippen LogP) is 1.79. The molecule has 1 aromatic rings. The van der Waals surface area contributed by atoms with E-state index in [2.05, 4.69) is 4.98 Å². The first-order chi connectivity index (χ1) is 8.66. The molecule has 0 amide bonds. The van der Waals surface area contributed by atoms with Crippen LogP contribution in [0.15, 0.2) is 18.3 Å². The molecule has 0 aliphatic carbocycles. The zero-order valence-electron chi connectivity index (χ0n) is 10.5. The molecule has 0 bridgehead atoms. The normalized spacial score (nSPS) is 19.5. The van der Waals surface area contributed by atoms with E-state index in [-0.39, 0.29) is 11.7 Å². The van der Waals surface area contributed by atoms with Crippen molar-refractivity contribution in [3.63, 3.8) is 0 Å². The lowest BCUT2D eigenvalue weighted by molar-refractivity contribution is 0.0215. The Morgan fingerprint density at radius 3 is 2.94 bits per heavy atom. The van der Waals surface area contributed by atoms with E-state index in [1.807, 2.05) is 11.9 Å². The number of carboxylic acids is 1. The van der Waals surface area contributed by atoms with Gasteiger partial charge in [-0.15, -0.1) is 0 Å². The fourth-order valence-corrected chi connectivity index (χ4v) is 2.09. The van der Waals surface area contributed by atoms with E-state index >= 15 is 0 Å².